The Hall–Kier alpha value is -2.53. The predicted octanol–water partition coefficient (Wildman–Crippen LogP) is 5.07. The van der Waals surface area contributed by atoms with E-state index in [1.165, 1.54) is 23.0 Å². The quantitative estimate of drug-likeness (QED) is 0.302. The first-order chi connectivity index (χ1) is 14.9. The summed E-state index contributed by atoms with van der Waals surface area (Å²) in [5.41, 5.74) is 2.79. The lowest BCUT2D eigenvalue weighted by Crippen LogP contribution is -2.47. The highest BCUT2D eigenvalue weighted by molar-refractivity contribution is 7.73. The van der Waals surface area contributed by atoms with E-state index in [-0.39, 0.29) is 10.6 Å². The van der Waals surface area contributed by atoms with Crippen molar-refractivity contribution in [2.75, 3.05) is 36.4 Å². The van der Waals surface area contributed by atoms with Crippen LogP contribution in [0.25, 0.3) is 0 Å². The topological polar surface area (TPSA) is 79.5 Å². The Kier molecular flexibility index (Phi) is 6.51. The minimum atomic E-state index is -0.384. The van der Waals surface area contributed by atoms with Gasteiger partial charge in [-0.2, -0.15) is 0 Å². The van der Waals surface area contributed by atoms with Crippen LogP contribution >= 0.6 is 35.2 Å². The maximum atomic E-state index is 11.4. The molecule has 1 aliphatic heterocycles. The van der Waals surface area contributed by atoms with Gasteiger partial charge in [0.05, 0.1) is 11.6 Å². The van der Waals surface area contributed by atoms with Gasteiger partial charge in [0.15, 0.2) is 3.95 Å². The highest BCUT2D eigenvalue weighted by Crippen LogP contribution is 2.31. The van der Waals surface area contributed by atoms with Crippen molar-refractivity contribution in [3.8, 4) is 0 Å². The van der Waals surface area contributed by atoms with E-state index in [9.17, 15) is 10.1 Å². The molecule has 1 aromatic heterocycles. The van der Waals surface area contributed by atoms with Crippen LogP contribution < -0.4 is 10.2 Å². The van der Waals surface area contributed by atoms with Crippen molar-refractivity contribution in [3.63, 3.8) is 0 Å². The van der Waals surface area contributed by atoms with Gasteiger partial charge in [0.2, 0.25) is 5.13 Å². The number of nitro benzene ring substituents is 1. The first kappa shape index (κ1) is 21.7. The van der Waals surface area contributed by atoms with Crippen LogP contribution in [0.15, 0.2) is 42.5 Å². The maximum absolute atomic E-state index is 11.4. The fourth-order valence-corrected chi connectivity index (χ4v) is 4.70. The molecule has 31 heavy (non-hydrogen) atoms. The Morgan fingerprint density at radius 3 is 2.71 bits per heavy atom. The first-order valence-electron chi connectivity index (χ1n) is 9.72. The summed E-state index contributed by atoms with van der Waals surface area (Å²) in [4.78, 5) is 15.3. The summed E-state index contributed by atoms with van der Waals surface area (Å²) in [6.45, 7) is 5.48. The minimum Gasteiger partial charge on any atom is -0.363 e. The van der Waals surface area contributed by atoms with Gasteiger partial charge >= 0.3 is 0 Å². The normalized spacial score (nSPS) is 14.6. The number of halogens is 1. The van der Waals surface area contributed by atoms with Gasteiger partial charge in [0, 0.05) is 43.0 Å². The fourth-order valence-electron chi connectivity index (χ4n) is 3.52. The minimum absolute atomic E-state index is 0.0366. The molecule has 0 radical (unpaired) electrons. The van der Waals surface area contributed by atoms with E-state index >= 15 is 0 Å². The highest BCUT2D eigenvalue weighted by atomic mass is 35.5. The molecule has 8 nitrogen and oxygen atoms in total. The van der Waals surface area contributed by atoms with Crippen molar-refractivity contribution in [2.45, 2.75) is 13.6 Å². The summed E-state index contributed by atoms with van der Waals surface area (Å²) in [5.74, 6) is 0. The molecule has 1 saturated heterocycles. The van der Waals surface area contributed by atoms with Gasteiger partial charge in [-0.25, -0.2) is 4.68 Å². The van der Waals surface area contributed by atoms with Gasteiger partial charge < -0.3 is 10.2 Å². The zero-order chi connectivity index (χ0) is 22.0. The molecule has 1 fully saturated rings. The molecular weight excluding hydrogens is 456 g/mol. The molecule has 1 N–H and O–H groups in total. The third-order valence-corrected chi connectivity index (χ3v) is 6.51. The highest BCUT2D eigenvalue weighted by Gasteiger charge is 2.24. The summed E-state index contributed by atoms with van der Waals surface area (Å²) in [6, 6.07) is 12.9. The zero-order valence-electron chi connectivity index (χ0n) is 16.8. The van der Waals surface area contributed by atoms with E-state index in [0.29, 0.717) is 34.4 Å². The monoisotopic (exact) mass is 476 g/mol. The van der Waals surface area contributed by atoms with E-state index < -0.39 is 0 Å². The van der Waals surface area contributed by atoms with Crippen molar-refractivity contribution in [3.05, 3.63) is 67.1 Å². The lowest BCUT2D eigenvalue weighted by molar-refractivity contribution is -0.384. The smallest absolute Gasteiger partial charge is 0.294 e. The maximum Gasteiger partial charge on any atom is 0.294 e. The van der Waals surface area contributed by atoms with Gasteiger partial charge in [0.25, 0.3) is 5.69 Å². The van der Waals surface area contributed by atoms with E-state index in [0.717, 1.165) is 23.9 Å². The summed E-state index contributed by atoms with van der Waals surface area (Å²) in [5, 5.41) is 20.4. The van der Waals surface area contributed by atoms with Crippen molar-refractivity contribution in [1.82, 2.24) is 14.7 Å². The molecule has 0 atom stereocenters. The van der Waals surface area contributed by atoms with Crippen LogP contribution in [-0.2, 0) is 6.67 Å². The predicted molar refractivity (Wildman–Crippen MR) is 127 cm³/mol. The molecule has 0 bridgehead atoms. The van der Waals surface area contributed by atoms with Crippen LogP contribution in [0.3, 0.4) is 0 Å². The number of nitrogens with one attached hydrogen (secondary N) is 1. The molecule has 0 spiro atoms. The lowest BCUT2D eigenvalue weighted by Gasteiger charge is -2.35. The van der Waals surface area contributed by atoms with Crippen LogP contribution in [0, 0.1) is 21.0 Å². The number of benzene rings is 2. The second kappa shape index (κ2) is 9.31. The Morgan fingerprint density at radius 1 is 1.23 bits per heavy atom. The van der Waals surface area contributed by atoms with Gasteiger partial charge in [-0.3, -0.25) is 15.0 Å². The lowest BCUT2D eigenvalue weighted by atomic mass is 10.2. The largest absolute Gasteiger partial charge is 0.363 e. The van der Waals surface area contributed by atoms with Crippen molar-refractivity contribution in [1.29, 1.82) is 0 Å². The molecule has 4 rings (SSSR count). The van der Waals surface area contributed by atoms with Gasteiger partial charge in [0.1, 0.15) is 5.69 Å². The molecule has 3 aromatic rings. The van der Waals surface area contributed by atoms with Crippen molar-refractivity contribution >= 4 is 57.3 Å². The molecule has 2 heterocycles. The third-order valence-electron chi connectivity index (χ3n) is 5.06. The number of piperazine rings is 1. The molecular formula is C20H21ClN6O2S2. The molecule has 162 valence electrons. The molecule has 0 saturated carbocycles. The molecule has 2 aromatic carbocycles. The van der Waals surface area contributed by atoms with E-state index in [4.69, 9.17) is 23.8 Å². The molecule has 0 unspecified atom stereocenters. The Labute approximate surface area is 193 Å². The first-order valence-corrected chi connectivity index (χ1v) is 11.3. The van der Waals surface area contributed by atoms with Crippen LogP contribution in [0.1, 0.15) is 5.56 Å². The number of aryl methyl sites for hydroxylation is 1. The average molecular weight is 477 g/mol. The van der Waals surface area contributed by atoms with Gasteiger partial charge in [-0.05, 0) is 49.0 Å². The standard InChI is InChI=1S/C20H21ClN6O2S2/c1-14-3-2-4-16(11-14)22-19-23-26(20(30)31-19)13-24-7-9-25(10-8-24)17-6-5-15(21)12-18(17)27(28)29/h2-6,11-12H,7-10,13H2,1H3,(H,22,23). The van der Waals surface area contributed by atoms with Crippen LogP contribution in [-0.4, -0.2) is 45.8 Å². The summed E-state index contributed by atoms with van der Waals surface area (Å²) >= 11 is 12.9. The number of hydrogen-bond acceptors (Lipinski definition) is 8. The van der Waals surface area contributed by atoms with E-state index in [1.54, 1.807) is 12.1 Å². The van der Waals surface area contributed by atoms with Crippen LogP contribution in [0.4, 0.5) is 22.2 Å². The summed E-state index contributed by atoms with van der Waals surface area (Å²) < 4.78 is 2.52. The average Bonchev–Trinajstić information content (AvgIpc) is 3.07. The Bertz CT molecular complexity index is 1160. The Balaban J connectivity index is 1.39. The van der Waals surface area contributed by atoms with Gasteiger partial charge in [-0.1, -0.05) is 35.1 Å². The number of nitrogens with zero attached hydrogens (tertiary/aromatic N) is 5. The van der Waals surface area contributed by atoms with E-state index in [2.05, 4.69) is 21.4 Å². The number of hydrogen-bond donors (Lipinski definition) is 1. The van der Waals surface area contributed by atoms with Gasteiger partial charge in [-0.15, -0.1) is 5.10 Å². The number of nitro groups is 1. The Morgan fingerprint density at radius 2 is 2.00 bits per heavy atom. The fraction of sp³-hybridized carbons (Fsp3) is 0.300. The second-order valence-electron chi connectivity index (χ2n) is 7.30. The summed E-state index contributed by atoms with van der Waals surface area (Å²) in [7, 11) is 0. The number of rotatable bonds is 6. The molecule has 0 aliphatic carbocycles. The molecule has 0 amide bonds. The molecule has 1 aliphatic rings. The third kappa shape index (κ3) is 5.21. The van der Waals surface area contributed by atoms with E-state index in [1.807, 2.05) is 34.7 Å². The summed E-state index contributed by atoms with van der Waals surface area (Å²) in [6.07, 6.45) is 0. The zero-order valence-corrected chi connectivity index (χ0v) is 19.2. The number of aromatic nitrogens is 2. The van der Waals surface area contributed by atoms with Crippen molar-refractivity contribution < 1.29 is 4.92 Å². The van der Waals surface area contributed by atoms with Crippen LogP contribution in [0.2, 0.25) is 5.02 Å². The van der Waals surface area contributed by atoms with Crippen molar-refractivity contribution in [2.24, 2.45) is 0 Å². The SMILES string of the molecule is Cc1cccc(Nc2nn(CN3CCN(c4ccc(Cl)cc4[N+](=O)[O-])CC3)c(=S)s2)c1. The molecule has 11 heteroatoms. The van der Waals surface area contributed by atoms with Crippen LogP contribution in [0.5, 0.6) is 0 Å². The second-order valence-corrected chi connectivity index (χ2v) is 9.36. The number of anilines is 3.